The summed E-state index contributed by atoms with van der Waals surface area (Å²) in [6.07, 6.45) is -2.41. The summed E-state index contributed by atoms with van der Waals surface area (Å²) in [5.74, 6) is -9.84. The number of halogens is 4. The molecule has 3 aliphatic rings. The maximum absolute atomic E-state index is 14.0. The van der Waals surface area contributed by atoms with Gasteiger partial charge in [0.2, 0.25) is 29.4 Å². The summed E-state index contributed by atoms with van der Waals surface area (Å²) in [5.41, 5.74) is -1.79. The van der Waals surface area contributed by atoms with Gasteiger partial charge in [-0.3, -0.25) is 19.2 Å². The average Bonchev–Trinajstić information content (AvgIpc) is 3.57. The van der Waals surface area contributed by atoms with E-state index in [4.69, 9.17) is 0 Å². The van der Waals surface area contributed by atoms with Gasteiger partial charge in [-0.25, -0.2) is 22.4 Å². The highest BCUT2D eigenvalue weighted by molar-refractivity contribution is 6.38. The molecule has 0 aromatic carbocycles. The molecule has 41 heavy (non-hydrogen) atoms. The third kappa shape index (κ3) is 8.78. The second-order valence-corrected chi connectivity index (χ2v) is 13.1. The van der Waals surface area contributed by atoms with Gasteiger partial charge >= 0.3 is 6.09 Å². The zero-order valence-corrected chi connectivity index (χ0v) is 23.8. The molecule has 10 nitrogen and oxygen atoms in total. The lowest BCUT2D eigenvalue weighted by atomic mass is 9.71. The molecule has 4 N–H and O–H groups in total. The van der Waals surface area contributed by atoms with Crippen molar-refractivity contribution in [3.8, 4) is 0 Å². The van der Waals surface area contributed by atoms with E-state index in [2.05, 4.69) is 16.0 Å². The van der Waals surface area contributed by atoms with Gasteiger partial charge in [0.05, 0.1) is 6.04 Å². The fourth-order valence-corrected chi connectivity index (χ4v) is 5.55. The molecule has 4 amide bonds. The van der Waals surface area contributed by atoms with E-state index >= 15 is 0 Å². The number of carbonyl (C=O) groups excluding carboxylic acids is 4. The van der Waals surface area contributed by atoms with Gasteiger partial charge < -0.3 is 26.0 Å². The molecular formula is C27H40F4N4O6. The Morgan fingerprint density at radius 2 is 1.56 bits per heavy atom. The average molecular weight is 593 g/mol. The number of alkyl halides is 4. The van der Waals surface area contributed by atoms with Gasteiger partial charge in [-0.1, -0.05) is 20.8 Å². The highest BCUT2D eigenvalue weighted by atomic mass is 19.3. The van der Waals surface area contributed by atoms with Gasteiger partial charge in [0.25, 0.3) is 5.91 Å². The fourth-order valence-electron chi connectivity index (χ4n) is 5.55. The molecule has 3 rings (SSSR count). The van der Waals surface area contributed by atoms with Crippen LogP contribution in [0.4, 0.5) is 22.4 Å². The van der Waals surface area contributed by atoms with Crippen molar-refractivity contribution in [2.75, 3.05) is 6.54 Å². The Hall–Kier alpha value is -2.93. The number of ketones is 1. The van der Waals surface area contributed by atoms with Gasteiger partial charge in [-0.05, 0) is 56.3 Å². The Kier molecular flexibility index (Phi) is 9.34. The Bertz CT molecular complexity index is 1040. The number of carbonyl (C=O) groups is 5. The van der Waals surface area contributed by atoms with E-state index < -0.39 is 96.1 Å². The molecule has 3 fully saturated rings. The molecule has 1 aliphatic heterocycles. The second-order valence-electron chi connectivity index (χ2n) is 13.1. The number of nitrogens with zero attached hydrogens (tertiary/aromatic N) is 1. The summed E-state index contributed by atoms with van der Waals surface area (Å²) in [7, 11) is 0. The lowest BCUT2D eigenvalue weighted by Crippen LogP contribution is -2.59. The van der Waals surface area contributed by atoms with Crippen molar-refractivity contribution in [2.45, 2.75) is 121 Å². The summed E-state index contributed by atoms with van der Waals surface area (Å²) in [6, 6.07) is -4.39. The van der Waals surface area contributed by atoms with E-state index in [1.165, 1.54) is 0 Å². The molecule has 0 bridgehead atoms. The third-order valence-corrected chi connectivity index (χ3v) is 8.16. The van der Waals surface area contributed by atoms with E-state index in [-0.39, 0.29) is 31.8 Å². The molecular weight excluding hydrogens is 552 g/mol. The van der Waals surface area contributed by atoms with Crippen LogP contribution in [0.5, 0.6) is 0 Å². The van der Waals surface area contributed by atoms with Crippen LogP contribution in [-0.4, -0.2) is 82.2 Å². The van der Waals surface area contributed by atoms with E-state index in [1.807, 2.05) is 0 Å². The fraction of sp³-hybridized carbons (Fsp3) is 0.815. The molecule has 1 spiro atoms. The maximum Gasteiger partial charge on any atom is 0.405 e. The quantitative estimate of drug-likeness (QED) is 0.227. The molecule has 0 aromatic rings. The van der Waals surface area contributed by atoms with Crippen LogP contribution in [-0.2, 0) is 19.2 Å². The number of hydrogen-bond acceptors (Lipinski definition) is 5. The van der Waals surface area contributed by atoms with E-state index in [9.17, 15) is 46.6 Å². The predicted octanol–water partition coefficient (Wildman–Crippen LogP) is 3.23. The molecule has 2 aliphatic carbocycles. The standard InChI is InChI=1S/C27H40F4N4O6/c1-24(2,3)19(34-23(40)41)22(39)35-14-26(9-11-27(30,31)12-10-26)13-17(35)20(37)33-16(7-8-25(4,28)29)18(36)21(38)32-15-5-6-15/h15-17,19,34H,5-14H2,1-4H3,(H,32,38)(H,33,37)(H,40,41)/t16-,17?,19+/m0/s1. The minimum Gasteiger partial charge on any atom is -0.465 e. The first kappa shape index (κ1) is 32.6. The normalized spacial score (nSPS) is 23.4. The van der Waals surface area contributed by atoms with Crippen LogP contribution >= 0.6 is 0 Å². The number of Topliss-reactive ketones (excluding diaryl/α,β-unsaturated/α-hetero) is 1. The lowest BCUT2D eigenvalue weighted by molar-refractivity contribution is -0.144. The maximum atomic E-state index is 14.0. The molecule has 1 unspecified atom stereocenters. The van der Waals surface area contributed by atoms with Crippen LogP contribution < -0.4 is 16.0 Å². The van der Waals surface area contributed by atoms with Gasteiger partial charge in [0.1, 0.15) is 12.1 Å². The Morgan fingerprint density at radius 1 is 0.976 bits per heavy atom. The van der Waals surface area contributed by atoms with Crippen molar-refractivity contribution in [3.63, 3.8) is 0 Å². The number of likely N-dealkylation sites (tertiary alicyclic amines) is 1. The minimum absolute atomic E-state index is 0.00825. The first-order chi connectivity index (χ1) is 18.7. The van der Waals surface area contributed by atoms with E-state index in [1.54, 1.807) is 20.8 Å². The summed E-state index contributed by atoms with van der Waals surface area (Å²) >= 11 is 0. The van der Waals surface area contributed by atoms with Crippen LogP contribution in [0, 0.1) is 10.8 Å². The third-order valence-electron chi connectivity index (χ3n) is 8.16. The summed E-state index contributed by atoms with van der Waals surface area (Å²) in [5, 5.41) is 16.4. The number of nitrogens with one attached hydrogen (secondary N) is 3. The summed E-state index contributed by atoms with van der Waals surface area (Å²) in [6.45, 7) is 5.40. The SMILES string of the molecule is CC(F)(F)CC[C@H](NC(=O)C1CC2(CCC(F)(F)CC2)CN1C(=O)[C@@H](NC(=O)O)C(C)(C)C)C(=O)C(=O)NC1CC1. The van der Waals surface area contributed by atoms with Gasteiger partial charge in [-0.2, -0.15) is 0 Å². The smallest absolute Gasteiger partial charge is 0.405 e. The number of amides is 4. The summed E-state index contributed by atoms with van der Waals surface area (Å²) in [4.78, 5) is 65.4. The first-order valence-corrected chi connectivity index (χ1v) is 13.9. The molecule has 1 heterocycles. The van der Waals surface area contributed by atoms with Crippen LogP contribution in [0.25, 0.3) is 0 Å². The van der Waals surface area contributed by atoms with E-state index in [0.717, 1.165) is 4.90 Å². The number of carboxylic acid groups (broad SMARTS) is 1. The highest BCUT2D eigenvalue weighted by Gasteiger charge is 2.54. The Balaban J connectivity index is 1.89. The van der Waals surface area contributed by atoms with Crippen LogP contribution in [0.15, 0.2) is 0 Å². The van der Waals surface area contributed by atoms with Crippen molar-refractivity contribution >= 4 is 29.6 Å². The van der Waals surface area contributed by atoms with Crippen molar-refractivity contribution < 1.29 is 46.6 Å². The van der Waals surface area contributed by atoms with Crippen LogP contribution in [0.3, 0.4) is 0 Å². The molecule has 1 saturated heterocycles. The number of rotatable bonds is 10. The topological polar surface area (TPSA) is 145 Å². The van der Waals surface area contributed by atoms with Crippen LogP contribution in [0.1, 0.15) is 85.5 Å². The summed E-state index contributed by atoms with van der Waals surface area (Å²) < 4.78 is 55.4. The van der Waals surface area contributed by atoms with Crippen molar-refractivity contribution in [2.24, 2.45) is 10.8 Å². The Labute approximate surface area is 236 Å². The predicted molar refractivity (Wildman–Crippen MR) is 138 cm³/mol. The molecule has 2 saturated carbocycles. The lowest BCUT2D eigenvalue weighted by Gasteiger charge is -2.38. The molecule has 0 aromatic heterocycles. The zero-order valence-electron chi connectivity index (χ0n) is 23.8. The largest absolute Gasteiger partial charge is 0.465 e. The Morgan fingerprint density at radius 3 is 2.05 bits per heavy atom. The highest BCUT2D eigenvalue weighted by Crippen LogP contribution is 2.50. The first-order valence-electron chi connectivity index (χ1n) is 13.9. The monoisotopic (exact) mass is 592 g/mol. The van der Waals surface area contributed by atoms with Crippen molar-refractivity contribution in [1.29, 1.82) is 0 Å². The van der Waals surface area contributed by atoms with Gasteiger partial charge in [0, 0.05) is 31.8 Å². The molecule has 232 valence electrons. The molecule has 0 radical (unpaired) electrons. The van der Waals surface area contributed by atoms with Crippen molar-refractivity contribution in [3.05, 3.63) is 0 Å². The van der Waals surface area contributed by atoms with Gasteiger partial charge in [0.15, 0.2) is 0 Å². The van der Waals surface area contributed by atoms with Crippen molar-refractivity contribution in [1.82, 2.24) is 20.9 Å². The minimum atomic E-state index is -3.19. The molecule has 14 heteroatoms. The number of hydrogen-bond donors (Lipinski definition) is 4. The van der Waals surface area contributed by atoms with Crippen LogP contribution in [0.2, 0.25) is 0 Å². The van der Waals surface area contributed by atoms with E-state index in [0.29, 0.717) is 19.8 Å². The zero-order chi connectivity index (χ0) is 31.0. The second kappa shape index (κ2) is 11.7. The molecule has 3 atom stereocenters. The van der Waals surface area contributed by atoms with Gasteiger partial charge in [-0.15, -0.1) is 0 Å².